The molecule has 2 N–H and O–H groups in total. The normalized spacial score (nSPS) is 29.2. The van der Waals surface area contributed by atoms with Gasteiger partial charge < -0.3 is 19.3 Å². The largest absolute Gasteiger partial charge is 0.519 e. The van der Waals surface area contributed by atoms with Gasteiger partial charge in [-0.3, -0.25) is 4.79 Å². The molecule has 2 aliphatic rings. The van der Waals surface area contributed by atoms with E-state index in [0.717, 1.165) is 25.3 Å². The number of nitrogens with one attached hydrogen (secondary N) is 1. The Morgan fingerprint density at radius 1 is 1.27 bits per heavy atom. The summed E-state index contributed by atoms with van der Waals surface area (Å²) in [7, 11) is 0. The van der Waals surface area contributed by atoms with Crippen LogP contribution in [0.2, 0.25) is 0 Å². The average molecular weight is 309 g/mol. The van der Waals surface area contributed by atoms with E-state index in [0.29, 0.717) is 23.9 Å². The molecule has 1 aliphatic heterocycles. The molecule has 2 fully saturated rings. The Kier molecular flexibility index (Phi) is 4.38. The van der Waals surface area contributed by atoms with Crippen molar-refractivity contribution >= 4 is 5.97 Å². The van der Waals surface area contributed by atoms with Gasteiger partial charge in [-0.15, -0.1) is 0 Å². The Morgan fingerprint density at radius 2 is 2.05 bits per heavy atom. The summed E-state index contributed by atoms with van der Waals surface area (Å²) >= 11 is 0. The zero-order valence-corrected chi connectivity index (χ0v) is 12.8. The summed E-state index contributed by atoms with van der Waals surface area (Å²) in [4.78, 5) is 22.7. The Bertz CT molecular complexity index is 586. The predicted molar refractivity (Wildman–Crippen MR) is 78.7 cm³/mol. The SMILES string of the molecule is Cc1oc(=O)oc1CC1CC(CC2CC2)CCNC1C(=O)O. The van der Waals surface area contributed by atoms with Gasteiger partial charge in [0.2, 0.25) is 0 Å². The lowest BCUT2D eigenvalue weighted by atomic mass is 9.84. The maximum absolute atomic E-state index is 11.6. The van der Waals surface area contributed by atoms with Crippen molar-refractivity contribution in [3.05, 3.63) is 22.1 Å². The highest BCUT2D eigenvalue weighted by atomic mass is 16.6. The second-order valence-electron chi connectivity index (χ2n) is 6.74. The molecule has 1 saturated heterocycles. The van der Waals surface area contributed by atoms with E-state index in [4.69, 9.17) is 8.83 Å². The fraction of sp³-hybridized carbons (Fsp3) is 0.750. The van der Waals surface area contributed by atoms with Crippen molar-refractivity contribution in [2.45, 2.75) is 51.5 Å². The minimum atomic E-state index is -0.833. The molecule has 6 nitrogen and oxygen atoms in total. The number of carbonyl (C=O) groups is 1. The van der Waals surface area contributed by atoms with Gasteiger partial charge in [0.05, 0.1) is 0 Å². The van der Waals surface area contributed by atoms with E-state index in [1.54, 1.807) is 6.92 Å². The van der Waals surface area contributed by atoms with Crippen molar-refractivity contribution in [2.24, 2.45) is 17.8 Å². The molecular weight excluding hydrogens is 286 g/mol. The maximum atomic E-state index is 11.6. The maximum Gasteiger partial charge on any atom is 0.519 e. The van der Waals surface area contributed by atoms with Gasteiger partial charge >= 0.3 is 11.8 Å². The van der Waals surface area contributed by atoms with Gasteiger partial charge in [-0.1, -0.05) is 12.8 Å². The van der Waals surface area contributed by atoms with Gasteiger partial charge in [0.1, 0.15) is 17.6 Å². The van der Waals surface area contributed by atoms with Gasteiger partial charge in [0, 0.05) is 6.42 Å². The fourth-order valence-electron chi connectivity index (χ4n) is 3.62. The topological polar surface area (TPSA) is 92.7 Å². The highest BCUT2D eigenvalue weighted by Crippen LogP contribution is 2.39. The van der Waals surface area contributed by atoms with Crippen LogP contribution >= 0.6 is 0 Å². The van der Waals surface area contributed by atoms with Crippen molar-refractivity contribution in [2.75, 3.05) is 6.54 Å². The van der Waals surface area contributed by atoms with Gasteiger partial charge in [-0.25, -0.2) is 4.79 Å². The van der Waals surface area contributed by atoms with Crippen LogP contribution in [0.25, 0.3) is 0 Å². The standard InChI is InChI=1S/C16H23NO5/c1-9-13(22-16(20)21-9)8-12-7-11(6-10-2-3-10)4-5-17-14(12)15(18)19/h10-12,14,17H,2-8H2,1H3,(H,18,19). The summed E-state index contributed by atoms with van der Waals surface area (Å²) in [6, 6.07) is -0.594. The van der Waals surface area contributed by atoms with Crippen molar-refractivity contribution < 1.29 is 18.7 Å². The molecule has 1 aliphatic carbocycles. The molecule has 22 heavy (non-hydrogen) atoms. The van der Waals surface area contributed by atoms with Crippen LogP contribution in [0, 0.1) is 24.7 Å². The number of rotatable bonds is 5. The van der Waals surface area contributed by atoms with Crippen molar-refractivity contribution in [1.82, 2.24) is 5.32 Å². The zero-order chi connectivity index (χ0) is 15.7. The molecule has 3 unspecified atom stereocenters. The van der Waals surface area contributed by atoms with Crippen LogP contribution < -0.4 is 11.1 Å². The van der Waals surface area contributed by atoms with Crippen LogP contribution in [0.15, 0.2) is 13.6 Å². The van der Waals surface area contributed by atoms with Crippen molar-refractivity contribution in [1.29, 1.82) is 0 Å². The summed E-state index contributed by atoms with van der Waals surface area (Å²) in [5.41, 5.74) is 0. The molecule has 2 heterocycles. The van der Waals surface area contributed by atoms with E-state index in [1.165, 1.54) is 19.3 Å². The van der Waals surface area contributed by atoms with E-state index < -0.39 is 17.8 Å². The Balaban J connectivity index is 1.75. The molecule has 1 aromatic heterocycles. The Labute approximate surface area is 128 Å². The van der Waals surface area contributed by atoms with Gasteiger partial charge in [0.15, 0.2) is 0 Å². The summed E-state index contributed by atoms with van der Waals surface area (Å²) in [6.45, 7) is 2.42. The molecular formula is C16H23NO5. The molecule has 0 radical (unpaired) electrons. The number of hydrogen-bond acceptors (Lipinski definition) is 5. The van der Waals surface area contributed by atoms with E-state index in [2.05, 4.69) is 5.32 Å². The molecule has 0 spiro atoms. The van der Waals surface area contributed by atoms with E-state index in [-0.39, 0.29) is 5.92 Å². The first kappa shape index (κ1) is 15.3. The third-order valence-electron chi connectivity index (χ3n) is 4.94. The highest BCUT2D eigenvalue weighted by molar-refractivity contribution is 5.74. The number of aliphatic carboxylic acids is 1. The first-order chi connectivity index (χ1) is 10.5. The van der Waals surface area contributed by atoms with Gasteiger partial charge in [-0.2, -0.15) is 0 Å². The number of hydrogen-bond donors (Lipinski definition) is 2. The van der Waals surface area contributed by atoms with E-state index in [1.807, 2.05) is 0 Å². The average Bonchev–Trinajstić information content (AvgIpc) is 3.21. The smallest absolute Gasteiger partial charge is 0.480 e. The first-order valence-electron chi connectivity index (χ1n) is 8.08. The predicted octanol–water partition coefficient (Wildman–Crippen LogP) is 1.95. The molecule has 1 aromatic rings. The molecule has 0 aromatic carbocycles. The minimum absolute atomic E-state index is 0.0804. The number of carboxylic acid groups (broad SMARTS) is 1. The summed E-state index contributed by atoms with van der Waals surface area (Å²) in [6.07, 6.45) is 6.13. The third-order valence-corrected chi connectivity index (χ3v) is 4.94. The second-order valence-corrected chi connectivity index (χ2v) is 6.74. The molecule has 0 amide bonds. The van der Waals surface area contributed by atoms with E-state index >= 15 is 0 Å². The minimum Gasteiger partial charge on any atom is -0.480 e. The Hall–Kier alpha value is -1.56. The quantitative estimate of drug-likeness (QED) is 0.863. The van der Waals surface area contributed by atoms with E-state index in [9.17, 15) is 14.7 Å². The van der Waals surface area contributed by atoms with Crippen LogP contribution in [-0.4, -0.2) is 23.7 Å². The van der Waals surface area contributed by atoms with Crippen LogP contribution in [0.4, 0.5) is 0 Å². The highest BCUT2D eigenvalue weighted by Gasteiger charge is 2.36. The molecule has 0 bridgehead atoms. The van der Waals surface area contributed by atoms with Crippen molar-refractivity contribution in [3.8, 4) is 0 Å². The van der Waals surface area contributed by atoms with Crippen LogP contribution in [0.3, 0.4) is 0 Å². The van der Waals surface area contributed by atoms with Crippen molar-refractivity contribution in [3.63, 3.8) is 0 Å². The monoisotopic (exact) mass is 309 g/mol. The molecule has 122 valence electrons. The molecule has 3 rings (SSSR count). The van der Waals surface area contributed by atoms with Crippen LogP contribution in [0.1, 0.15) is 43.6 Å². The third kappa shape index (κ3) is 3.61. The molecule has 3 atom stereocenters. The first-order valence-corrected chi connectivity index (χ1v) is 8.08. The Morgan fingerprint density at radius 3 is 2.64 bits per heavy atom. The zero-order valence-electron chi connectivity index (χ0n) is 12.8. The number of carboxylic acids is 1. The summed E-state index contributed by atoms with van der Waals surface area (Å²) < 4.78 is 9.97. The lowest BCUT2D eigenvalue weighted by Gasteiger charge is -2.23. The second kappa shape index (κ2) is 6.28. The number of aryl methyl sites for hydroxylation is 1. The van der Waals surface area contributed by atoms with Crippen LogP contribution in [0.5, 0.6) is 0 Å². The van der Waals surface area contributed by atoms with Gasteiger partial charge in [0.25, 0.3) is 0 Å². The summed E-state index contributed by atoms with van der Waals surface area (Å²) in [5, 5.41) is 12.6. The fourth-order valence-corrected chi connectivity index (χ4v) is 3.62. The molecule has 1 saturated carbocycles. The van der Waals surface area contributed by atoms with Crippen LogP contribution in [-0.2, 0) is 11.2 Å². The molecule has 6 heteroatoms. The summed E-state index contributed by atoms with van der Waals surface area (Å²) in [5.74, 6) is 0.695. The van der Waals surface area contributed by atoms with Gasteiger partial charge in [-0.05, 0) is 50.5 Å². The lowest BCUT2D eigenvalue weighted by Crippen LogP contribution is -2.42. The lowest BCUT2D eigenvalue weighted by molar-refractivity contribution is -0.141.